The normalized spacial score (nSPS) is 11.4. The molecule has 2 aromatic heterocycles. The molecule has 0 saturated heterocycles. The summed E-state index contributed by atoms with van der Waals surface area (Å²) in [5, 5.41) is 12.3. The van der Waals surface area contributed by atoms with Gasteiger partial charge < -0.3 is 24.9 Å². The maximum atomic E-state index is 11.4. The third-order valence-corrected chi connectivity index (χ3v) is 5.46. The quantitative estimate of drug-likeness (QED) is 0.334. The van der Waals surface area contributed by atoms with Gasteiger partial charge >= 0.3 is 6.01 Å². The summed E-state index contributed by atoms with van der Waals surface area (Å²) in [5.41, 5.74) is 2.97. The Bertz CT molecular complexity index is 1300. The van der Waals surface area contributed by atoms with Crippen molar-refractivity contribution in [1.82, 2.24) is 20.3 Å². The SMILES string of the molecule is CC(=O)NC(C)(C)c1ccc(Oc2nc3nc(-c4ccc(OCCO)cc4)c(Cl)cc3[nH]2)cc1. The molecule has 176 valence electrons. The smallest absolute Gasteiger partial charge is 0.301 e. The average molecular weight is 481 g/mol. The number of carbonyl (C=O) groups excluding carboxylic acids is 1. The van der Waals surface area contributed by atoms with E-state index in [1.807, 2.05) is 50.2 Å². The van der Waals surface area contributed by atoms with Crippen molar-refractivity contribution in [2.45, 2.75) is 26.3 Å². The molecule has 0 unspecified atom stereocenters. The van der Waals surface area contributed by atoms with E-state index in [2.05, 4.69) is 20.3 Å². The number of halogens is 1. The third-order valence-electron chi connectivity index (χ3n) is 5.17. The lowest BCUT2D eigenvalue weighted by Crippen LogP contribution is -2.39. The second-order valence-corrected chi connectivity index (χ2v) is 8.67. The van der Waals surface area contributed by atoms with Gasteiger partial charge in [-0.1, -0.05) is 23.7 Å². The second-order valence-electron chi connectivity index (χ2n) is 8.26. The van der Waals surface area contributed by atoms with Crippen molar-refractivity contribution >= 4 is 28.7 Å². The van der Waals surface area contributed by atoms with E-state index in [1.54, 1.807) is 18.2 Å². The van der Waals surface area contributed by atoms with Gasteiger partial charge in [0.05, 0.1) is 28.4 Å². The molecule has 0 fully saturated rings. The summed E-state index contributed by atoms with van der Waals surface area (Å²) < 4.78 is 11.3. The van der Waals surface area contributed by atoms with Crippen LogP contribution in [0.1, 0.15) is 26.3 Å². The Morgan fingerprint density at radius 1 is 1.09 bits per heavy atom. The van der Waals surface area contributed by atoms with Crippen molar-refractivity contribution in [3.63, 3.8) is 0 Å². The lowest BCUT2D eigenvalue weighted by Gasteiger charge is -2.26. The molecule has 0 bridgehead atoms. The van der Waals surface area contributed by atoms with Gasteiger partial charge in [-0.15, -0.1) is 0 Å². The lowest BCUT2D eigenvalue weighted by atomic mass is 9.94. The summed E-state index contributed by atoms with van der Waals surface area (Å²) in [6.07, 6.45) is 0. The largest absolute Gasteiger partial charge is 0.491 e. The number of rotatable bonds is 8. The number of H-pyrrole nitrogens is 1. The fraction of sp³-hybridized carbons (Fsp3) is 0.240. The maximum absolute atomic E-state index is 11.4. The van der Waals surface area contributed by atoms with E-state index in [9.17, 15) is 4.79 Å². The van der Waals surface area contributed by atoms with Crippen LogP contribution in [-0.2, 0) is 10.3 Å². The average Bonchev–Trinajstić information content (AvgIpc) is 3.18. The molecule has 4 rings (SSSR count). The van der Waals surface area contributed by atoms with Crippen LogP contribution in [0.25, 0.3) is 22.4 Å². The molecule has 0 radical (unpaired) electrons. The monoisotopic (exact) mass is 480 g/mol. The van der Waals surface area contributed by atoms with Crippen molar-refractivity contribution in [2.24, 2.45) is 0 Å². The molecule has 0 atom stereocenters. The number of carbonyl (C=O) groups is 1. The van der Waals surface area contributed by atoms with E-state index in [0.717, 1.165) is 11.1 Å². The number of hydrogen-bond donors (Lipinski definition) is 3. The fourth-order valence-electron chi connectivity index (χ4n) is 3.58. The molecule has 3 N–H and O–H groups in total. The van der Waals surface area contributed by atoms with Crippen LogP contribution >= 0.6 is 11.6 Å². The zero-order valence-electron chi connectivity index (χ0n) is 19.1. The predicted octanol–water partition coefficient (Wildman–Crippen LogP) is 4.81. The summed E-state index contributed by atoms with van der Waals surface area (Å²) in [5.74, 6) is 1.15. The van der Waals surface area contributed by atoms with Crippen LogP contribution in [0.15, 0.2) is 54.6 Å². The summed E-state index contributed by atoms with van der Waals surface area (Å²) in [6.45, 7) is 5.55. The van der Waals surface area contributed by atoms with Gasteiger partial charge in [-0.3, -0.25) is 4.79 Å². The number of hydrogen-bond acceptors (Lipinski definition) is 6. The zero-order valence-corrected chi connectivity index (χ0v) is 19.8. The topological polar surface area (TPSA) is 109 Å². The number of benzene rings is 2. The maximum Gasteiger partial charge on any atom is 0.301 e. The first-order valence-corrected chi connectivity index (χ1v) is 11.1. The Kier molecular flexibility index (Phi) is 6.72. The van der Waals surface area contributed by atoms with Gasteiger partial charge in [-0.05, 0) is 61.9 Å². The first-order chi connectivity index (χ1) is 16.2. The number of nitrogens with one attached hydrogen (secondary N) is 2. The number of aliphatic hydroxyl groups excluding tert-OH is 1. The number of aromatic nitrogens is 3. The molecule has 0 aliphatic rings. The van der Waals surface area contributed by atoms with E-state index in [0.29, 0.717) is 33.4 Å². The predicted molar refractivity (Wildman–Crippen MR) is 130 cm³/mol. The molecule has 9 heteroatoms. The summed E-state index contributed by atoms with van der Waals surface area (Å²) in [6, 6.07) is 16.8. The van der Waals surface area contributed by atoms with E-state index in [-0.39, 0.29) is 25.1 Å². The molecular formula is C25H25ClN4O4. The highest BCUT2D eigenvalue weighted by Gasteiger charge is 2.21. The van der Waals surface area contributed by atoms with Crippen molar-refractivity contribution < 1.29 is 19.4 Å². The van der Waals surface area contributed by atoms with Gasteiger partial charge in [-0.2, -0.15) is 4.98 Å². The Labute approximate surface area is 201 Å². The van der Waals surface area contributed by atoms with E-state index < -0.39 is 5.54 Å². The molecule has 1 amide bonds. The second kappa shape index (κ2) is 9.70. The number of fused-ring (bicyclic) bond motifs is 1. The van der Waals surface area contributed by atoms with Gasteiger partial charge in [0.1, 0.15) is 18.1 Å². The number of nitrogens with zero attached hydrogens (tertiary/aromatic N) is 2. The minimum absolute atomic E-state index is 0.0471. The van der Waals surface area contributed by atoms with Gasteiger partial charge in [-0.25, -0.2) is 4.98 Å². The van der Waals surface area contributed by atoms with Crippen molar-refractivity contribution in [1.29, 1.82) is 0 Å². The van der Waals surface area contributed by atoms with Gasteiger partial charge in [0, 0.05) is 12.5 Å². The molecule has 2 heterocycles. The number of imidazole rings is 1. The van der Waals surface area contributed by atoms with Crippen LogP contribution in [-0.4, -0.2) is 39.2 Å². The Balaban J connectivity index is 1.53. The zero-order chi connectivity index (χ0) is 24.3. The van der Waals surface area contributed by atoms with Crippen molar-refractivity contribution in [3.05, 3.63) is 65.2 Å². The first-order valence-electron chi connectivity index (χ1n) is 10.7. The Morgan fingerprint density at radius 2 is 1.76 bits per heavy atom. The molecule has 4 aromatic rings. The first kappa shape index (κ1) is 23.5. The summed E-state index contributed by atoms with van der Waals surface area (Å²) in [4.78, 5) is 23.6. The number of amides is 1. The summed E-state index contributed by atoms with van der Waals surface area (Å²) >= 11 is 6.48. The molecule has 34 heavy (non-hydrogen) atoms. The van der Waals surface area contributed by atoms with E-state index in [4.69, 9.17) is 26.2 Å². The Hall–Kier alpha value is -3.62. The Morgan fingerprint density at radius 3 is 2.41 bits per heavy atom. The van der Waals surface area contributed by atoms with Crippen LogP contribution in [0.2, 0.25) is 5.02 Å². The molecule has 0 spiro atoms. The summed E-state index contributed by atoms with van der Waals surface area (Å²) in [7, 11) is 0. The van der Waals surface area contributed by atoms with Crippen LogP contribution in [0.4, 0.5) is 0 Å². The van der Waals surface area contributed by atoms with Crippen LogP contribution in [0.5, 0.6) is 17.5 Å². The van der Waals surface area contributed by atoms with E-state index >= 15 is 0 Å². The van der Waals surface area contributed by atoms with Gasteiger partial charge in [0.25, 0.3) is 0 Å². The highest BCUT2D eigenvalue weighted by molar-refractivity contribution is 6.33. The minimum Gasteiger partial charge on any atom is -0.491 e. The number of aliphatic hydroxyl groups is 1. The molecule has 2 aromatic carbocycles. The lowest BCUT2D eigenvalue weighted by molar-refractivity contribution is -0.120. The molecule has 0 aliphatic heterocycles. The number of aromatic amines is 1. The molecule has 0 saturated carbocycles. The molecular weight excluding hydrogens is 456 g/mol. The van der Waals surface area contributed by atoms with Gasteiger partial charge in [0.15, 0.2) is 5.65 Å². The molecule has 0 aliphatic carbocycles. The van der Waals surface area contributed by atoms with Crippen LogP contribution in [0, 0.1) is 0 Å². The highest BCUT2D eigenvalue weighted by atomic mass is 35.5. The number of pyridine rings is 1. The standard InChI is InChI=1S/C25H25ClN4O4/c1-15(32)30-25(2,3)17-6-10-19(11-7-17)34-24-27-21-14-20(26)22(28-23(21)29-24)16-4-8-18(9-5-16)33-13-12-31/h4-11,14,31H,12-13H2,1-3H3,(H,30,32)(H,27,28,29). The van der Waals surface area contributed by atoms with Gasteiger partial charge in [0.2, 0.25) is 5.91 Å². The fourth-order valence-corrected chi connectivity index (χ4v) is 3.84. The van der Waals surface area contributed by atoms with E-state index in [1.165, 1.54) is 6.92 Å². The highest BCUT2D eigenvalue weighted by Crippen LogP contribution is 2.31. The molecule has 8 nitrogen and oxygen atoms in total. The van der Waals surface area contributed by atoms with Crippen molar-refractivity contribution in [2.75, 3.05) is 13.2 Å². The third kappa shape index (κ3) is 5.30. The van der Waals surface area contributed by atoms with Crippen LogP contribution < -0.4 is 14.8 Å². The minimum atomic E-state index is -0.496. The van der Waals surface area contributed by atoms with Crippen molar-refractivity contribution in [3.8, 4) is 28.8 Å². The number of ether oxygens (including phenoxy) is 2. The van der Waals surface area contributed by atoms with Crippen LogP contribution in [0.3, 0.4) is 0 Å².